The van der Waals surface area contributed by atoms with Crippen LogP contribution in [0.2, 0.25) is 0 Å². The van der Waals surface area contributed by atoms with Crippen LogP contribution in [0.3, 0.4) is 0 Å². The lowest BCUT2D eigenvalue weighted by Crippen LogP contribution is -2.36. The molecule has 0 aromatic carbocycles. The molecule has 0 unspecified atom stereocenters. The first kappa shape index (κ1) is 18.4. The van der Waals surface area contributed by atoms with Crippen molar-refractivity contribution in [2.75, 3.05) is 5.32 Å². The number of anilines is 2. The molecule has 0 radical (unpaired) electrons. The van der Waals surface area contributed by atoms with Gasteiger partial charge in [-0.2, -0.15) is 5.10 Å². The molecule has 1 N–H and O–H groups in total. The molecule has 0 bridgehead atoms. The van der Waals surface area contributed by atoms with E-state index >= 15 is 0 Å². The van der Waals surface area contributed by atoms with Gasteiger partial charge in [0.1, 0.15) is 16.9 Å². The first-order valence-corrected chi connectivity index (χ1v) is 11.0. The van der Waals surface area contributed by atoms with Crippen molar-refractivity contribution in [1.29, 1.82) is 0 Å². The summed E-state index contributed by atoms with van der Waals surface area (Å²) in [6.07, 6.45) is 8.16. The van der Waals surface area contributed by atoms with Gasteiger partial charge in [-0.1, -0.05) is 0 Å². The minimum atomic E-state index is 0.138. The Morgan fingerprint density at radius 3 is 2.58 bits per heavy atom. The van der Waals surface area contributed by atoms with E-state index in [1.807, 2.05) is 41.6 Å². The summed E-state index contributed by atoms with van der Waals surface area (Å²) in [6, 6.07) is 4.74. The van der Waals surface area contributed by atoms with Gasteiger partial charge in [-0.3, -0.25) is 9.48 Å². The summed E-state index contributed by atoms with van der Waals surface area (Å²) < 4.78 is 5.79. The van der Waals surface area contributed by atoms with Crippen molar-refractivity contribution in [2.24, 2.45) is 14.1 Å². The summed E-state index contributed by atoms with van der Waals surface area (Å²) in [5.74, 6) is 1.50. The Morgan fingerprint density at radius 1 is 1.23 bits per heavy atom. The van der Waals surface area contributed by atoms with Gasteiger partial charge in [-0.15, -0.1) is 0 Å². The quantitative estimate of drug-likeness (QED) is 0.520. The Labute approximate surface area is 179 Å². The lowest BCUT2D eigenvalue weighted by molar-refractivity contribution is 0.0719. The smallest absolute Gasteiger partial charge is 0.271 e. The molecule has 6 rings (SSSR count). The molecule has 2 aliphatic rings. The molecule has 4 aromatic rings. The van der Waals surface area contributed by atoms with E-state index in [0.717, 1.165) is 53.4 Å². The van der Waals surface area contributed by atoms with Gasteiger partial charge in [0.05, 0.1) is 11.8 Å². The summed E-state index contributed by atoms with van der Waals surface area (Å²) in [6.45, 7) is 2.74. The Balaban J connectivity index is 1.53. The van der Waals surface area contributed by atoms with E-state index < -0.39 is 0 Å². The van der Waals surface area contributed by atoms with Crippen LogP contribution in [-0.4, -0.2) is 51.8 Å². The summed E-state index contributed by atoms with van der Waals surface area (Å²) in [7, 11) is 3.86. The van der Waals surface area contributed by atoms with Crippen molar-refractivity contribution in [1.82, 2.24) is 33.8 Å². The van der Waals surface area contributed by atoms with Crippen LogP contribution in [0, 0.1) is 0 Å². The average Bonchev–Trinajstić information content (AvgIpc) is 3.66. The average molecular weight is 419 g/mol. The van der Waals surface area contributed by atoms with E-state index in [2.05, 4.69) is 27.2 Å². The van der Waals surface area contributed by atoms with Crippen molar-refractivity contribution >= 4 is 39.6 Å². The molecule has 0 saturated heterocycles. The van der Waals surface area contributed by atoms with Crippen LogP contribution in [0.4, 0.5) is 11.6 Å². The maximum absolute atomic E-state index is 13.6. The highest BCUT2D eigenvalue weighted by Crippen LogP contribution is 2.39. The number of pyridine rings is 1. The summed E-state index contributed by atoms with van der Waals surface area (Å²) in [5, 5.41) is 8.69. The number of hydrogen-bond acceptors (Lipinski definition) is 5. The molecule has 0 atom stereocenters. The van der Waals surface area contributed by atoms with Crippen LogP contribution in [0.25, 0.3) is 22.1 Å². The van der Waals surface area contributed by atoms with Crippen LogP contribution < -0.4 is 5.32 Å². The summed E-state index contributed by atoms with van der Waals surface area (Å²) >= 11 is 0. The third-order valence-electron chi connectivity index (χ3n) is 6.31. The largest absolute Gasteiger partial charge is 0.333 e. The van der Waals surface area contributed by atoms with Crippen LogP contribution in [0.15, 0.2) is 24.7 Å². The van der Waals surface area contributed by atoms with Gasteiger partial charge in [-0.05, 0) is 38.7 Å². The Morgan fingerprint density at radius 2 is 1.97 bits per heavy atom. The number of carbonyl (C=O) groups is 1. The Bertz CT molecular complexity index is 1310. The highest BCUT2D eigenvalue weighted by atomic mass is 16.2. The molecule has 9 nitrogen and oxygen atoms in total. The number of amides is 1. The first-order chi connectivity index (χ1) is 15.0. The predicted octanol–water partition coefficient (Wildman–Crippen LogP) is 3.19. The molecule has 2 fully saturated rings. The number of rotatable bonds is 6. The zero-order valence-electron chi connectivity index (χ0n) is 18.0. The number of imidazole rings is 1. The third-order valence-corrected chi connectivity index (χ3v) is 6.31. The minimum Gasteiger partial charge on any atom is -0.333 e. The van der Waals surface area contributed by atoms with Crippen LogP contribution in [-0.2, 0) is 20.6 Å². The number of hydrogen-bond donors (Lipinski definition) is 1. The second kappa shape index (κ2) is 6.57. The molecule has 160 valence electrons. The van der Waals surface area contributed by atoms with Gasteiger partial charge in [0.2, 0.25) is 0 Å². The zero-order chi connectivity index (χ0) is 21.3. The zero-order valence-corrected chi connectivity index (χ0v) is 18.0. The number of nitrogens with zero attached hydrogens (tertiary/aromatic N) is 7. The van der Waals surface area contributed by atoms with Crippen molar-refractivity contribution in [3.63, 3.8) is 0 Å². The highest BCUT2D eigenvalue weighted by Gasteiger charge is 2.43. The van der Waals surface area contributed by atoms with Gasteiger partial charge >= 0.3 is 0 Å². The molecule has 31 heavy (non-hydrogen) atoms. The van der Waals surface area contributed by atoms with Crippen molar-refractivity contribution < 1.29 is 4.79 Å². The molecular formula is C22H26N8O. The van der Waals surface area contributed by atoms with Crippen LogP contribution in [0.1, 0.15) is 43.1 Å². The highest BCUT2D eigenvalue weighted by molar-refractivity contribution is 6.10. The third kappa shape index (κ3) is 2.90. The Hall–Kier alpha value is -3.36. The first-order valence-electron chi connectivity index (χ1n) is 11.0. The normalized spacial score (nSPS) is 16.4. The number of aromatic nitrogens is 6. The van der Waals surface area contributed by atoms with E-state index in [1.54, 1.807) is 11.0 Å². The number of fused-ring (bicyclic) bond motifs is 3. The van der Waals surface area contributed by atoms with E-state index in [9.17, 15) is 4.79 Å². The van der Waals surface area contributed by atoms with Gasteiger partial charge in [0.15, 0.2) is 11.6 Å². The fourth-order valence-corrected chi connectivity index (χ4v) is 4.57. The maximum atomic E-state index is 13.6. The van der Waals surface area contributed by atoms with Crippen LogP contribution in [0.5, 0.6) is 0 Å². The fourth-order valence-electron chi connectivity index (χ4n) is 4.57. The fraction of sp³-hybridized carbons (Fsp3) is 0.455. The van der Waals surface area contributed by atoms with E-state index in [0.29, 0.717) is 30.3 Å². The second-order valence-corrected chi connectivity index (χ2v) is 8.70. The van der Waals surface area contributed by atoms with Gasteiger partial charge < -0.3 is 19.4 Å². The molecule has 0 spiro atoms. The number of carbonyl (C=O) groups excluding carboxylic acids is 1. The monoisotopic (exact) mass is 418 g/mol. The second-order valence-electron chi connectivity index (χ2n) is 8.70. The predicted molar refractivity (Wildman–Crippen MR) is 118 cm³/mol. The molecule has 4 aromatic heterocycles. The van der Waals surface area contributed by atoms with Crippen molar-refractivity contribution in [2.45, 2.75) is 51.2 Å². The molecule has 4 heterocycles. The molecule has 9 heteroatoms. The number of aryl methyl sites for hydroxylation is 3. The molecular weight excluding hydrogens is 392 g/mol. The van der Waals surface area contributed by atoms with E-state index in [1.165, 1.54) is 0 Å². The van der Waals surface area contributed by atoms with Gasteiger partial charge in [-0.25, -0.2) is 9.97 Å². The number of nitrogens with one attached hydrogen (secondary N) is 1. The minimum absolute atomic E-state index is 0.138. The standard InChI is InChI=1S/C22H26N8O/c1-4-29-16(22(31)30(13-5-6-13)14-7-8-14)11-15-19-18(23-12-27(19)2)20(25-21(15)29)24-17-9-10-28(3)26-17/h9-14H,4-8H2,1-3H3,(H,24,25,26). The summed E-state index contributed by atoms with van der Waals surface area (Å²) in [4.78, 5) is 25.3. The SMILES string of the molecule is CCn1c(C(=O)N(C2CC2)C2CC2)cc2c3c(ncn3C)c(Nc3ccn(C)n3)nc21. The molecule has 2 aliphatic carbocycles. The maximum Gasteiger partial charge on any atom is 0.271 e. The van der Waals surface area contributed by atoms with Crippen molar-refractivity contribution in [3.8, 4) is 0 Å². The van der Waals surface area contributed by atoms with Gasteiger partial charge in [0.25, 0.3) is 5.91 Å². The van der Waals surface area contributed by atoms with Crippen molar-refractivity contribution in [3.05, 3.63) is 30.4 Å². The molecule has 1 amide bonds. The van der Waals surface area contributed by atoms with E-state index in [-0.39, 0.29) is 5.91 Å². The topological polar surface area (TPSA) is 85.8 Å². The molecule has 2 saturated carbocycles. The van der Waals surface area contributed by atoms with Gasteiger partial charge in [0, 0.05) is 50.4 Å². The van der Waals surface area contributed by atoms with E-state index in [4.69, 9.17) is 4.98 Å². The molecule has 0 aliphatic heterocycles. The van der Waals surface area contributed by atoms with Crippen LogP contribution >= 0.6 is 0 Å². The lowest BCUT2D eigenvalue weighted by Gasteiger charge is -2.22. The Kier molecular flexibility index (Phi) is 3.90. The lowest BCUT2D eigenvalue weighted by atomic mass is 10.2. The summed E-state index contributed by atoms with van der Waals surface area (Å²) in [5.41, 5.74) is 3.26.